The van der Waals surface area contributed by atoms with Crippen LogP contribution in [0.15, 0.2) is 4.99 Å². The van der Waals surface area contributed by atoms with Crippen LogP contribution in [0.3, 0.4) is 0 Å². The molecule has 1 aliphatic rings. The van der Waals surface area contributed by atoms with Crippen molar-refractivity contribution in [3.05, 3.63) is 0 Å². The minimum Gasteiger partial charge on any atom is -0.371 e. The lowest BCUT2D eigenvalue weighted by Gasteiger charge is -2.28. The molecule has 2 atom stereocenters. The lowest BCUT2D eigenvalue weighted by molar-refractivity contribution is -0.109. The highest BCUT2D eigenvalue weighted by molar-refractivity contribution is 5.91. The van der Waals surface area contributed by atoms with Crippen molar-refractivity contribution in [1.82, 2.24) is 5.32 Å². The summed E-state index contributed by atoms with van der Waals surface area (Å²) in [5, 5.41) is 3.63. The molecule has 0 radical (unpaired) electrons. The molecule has 1 aliphatic heterocycles. The Bertz CT molecular complexity index is 647. The minimum absolute atomic E-state index is 0.0950. The van der Waals surface area contributed by atoms with Gasteiger partial charge in [-0.15, -0.1) is 0 Å². The molecule has 0 bridgehead atoms. The smallest absolute Gasteiger partial charge is 0.120 e. The quantitative estimate of drug-likeness (QED) is 0.0568. The first-order valence-electron chi connectivity index (χ1n) is 20.4. The Morgan fingerprint density at radius 2 is 0.909 bits per heavy atom. The van der Waals surface area contributed by atoms with Gasteiger partial charge in [-0.2, -0.15) is 0 Å². The van der Waals surface area contributed by atoms with Gasteiger partial charge in [0.25, 0.3) is 0 Å². The van der Waals surface area contributed by atoms with E-state index in [9.17, 15) is 4.79 Å². The predicted molar refractivity (Wildman–Crippen MR) is 197 cm³/mol. The van der Waals surface area contributed by atoms with Gasteiger partial charge in [0.05, 0.1) is 6.04 Å². The van der Waals surface area contributed by atoms with E-state index < -0.39 is 0 Å². The maximum Gasteiger partial charge on any atom is 0.120 e. The van der Waals surface area contributed by atoms with Gasteiger partial charge in [-0.3, -0.25) is 4.99 Å². The van der Waals surface area contributed by atoms with Gasteiger partial charge in [-0.1, -0.05) is 213 Å². The van der Waals surface area contributed by atoms with Gasteiger partial charge in [0.1, 0.15) is 12.1 Å². The highest BCUT2D eigenvalue weighted by Crippen LogP contribution is 2.32. The topological polar surface area (TPSA) is 41.5 Å². The highest BCUT2D eigenvalue weighted by Gasteiger charge is 2.33. The molecular formula is C41H80N2O. The molecule has 1 N–H and O–H groups in total. The van der Waals surface area contributed by atoms with E-state index in [0.717, 1.165) is 25.1 Å². The van der Waals surface area contributed by atoms with Crippen LogP contribution in [0, 0.1) is 5.41 Å². The number of nitrogens with zero attached hydrogens (tertiary/aromatic N) is 1. The predicted octanol–water partition coefficient (Wildman–Crippen LogP) is 13.5. The van der Waals surface area contributed by atoms with Crippen LogP contribution in [0.25, 0.3) is 0 Å². The molecule has 0 saturated carbocycles. The summed E-state index contributed by atoms with van der Waals surface area (Å²) in [4.78, 5) is 16.7. The zero-order valence-corrected chi connectivity index (χ0v) is 30.6. The van der Waals surface area contributed by atoms with E-state index in [1.165, 1.54) is 199 Å². The van der Waals surface area contributed by atoms with Crippen LogP contribution >= 0.6 is 0 Å². The molecule has 2 unspecified atom stereocenters. The molecule has 3 heteroatoms. The number of aldehydes is 1. The van der Waals surface area contributed by atoms with Crippen LogP contribution < -0.4 is 5.32 Å². The summed E-state index contributed by atoms with van der Waals surface area (Å²) < 4.78 is 0. The van der Waals surface area contributed by atoms with Crippen molar-refractivity contribution in [2.75, 3.05) is 6.54 Å². The summed E-state index contributed by atoms with van der Waals surface area (Å²) >= 11 is 0. The number of unbranched alkanes of at least 4 members (excludes halogenated alkanes) is 28. The van der Waals surface area contributed by atoms with Crippen molar-refractivity contribution in [3.8, 4) is 0 Å². The number of amidine groups is 1. The average molecular weight is 617 g/mol. The van der Waals surface area contributed by atoms with E-state index in [1.54, 1.807) is 0 Å². The second-order valence-electron chi connectivity index (χ2n) is 14.9. The molecule has 260 valence electrons. The maximum atomic E-state index is 11.6. The molecule has 0 aliphatic carbocycles. The molecule has 0 fully saturated rings. The third kappa shape index (κ3) is 23.5. The number of nitrogens with one attached hydrogen (secondary N) is 1. The first kappa shape index (κ1) is 41.2. The van der Waals surface area contributed by atoms with Crippen LogP contribution in [-0.2, 0) is 4.79 Å². The Balaban J connectivity index is 2.02. The molecule has 0 aromatic heterocycles. The third-order valence-electron chi connectivity index (χ3n) is 10.4. The molecule has 0 amide bonds. The van der Waals surface area contributed by atoms with Crippen molar-refractivity contribution in [1.29, 1.82) is 0 Å². The van der Waals surface area contributed by atoms with E-state index in [2.05, 4.69) is 26.1 Å². The normalized spacial score (nSPS) is 16.2. The second-order valence-corrected chi connectivity index (χ2v) is 14.9. The van der Waals surface area contributed by atoms with Crippen LogP contribution in [0.4, 0.5) is 0 Å². The fourth-order valence-electron chi connectivity index (χ4n) is 7.16. The molecule has 0 spiro atoms. The number of hydrogen-bond acceptors (Lipinski definition) is 3. The zero-order valence-electron chi connectivity index (χ0n) is 30.6. The molecule has 1 rings (SSSR count). The zero-order chi connectivity index (χ0) is 31.8. The van der Waals surface area contributed by atoms with Crippen molar-refractivity contribution in [2.45, 2.75) is 239 Å². The summed E-state index contributed by atoms with van der Waals surface area (Å²) in [6, 6.07) is 0.416. The van der Waals surface area contributed by atoms with Gasteiger partial charge in [-0.05, 0) is 12.8 Å². The second kappa shape index (κ2) is 30.8. The Morgan fingerprint density at radius 1 is 0.568 bits per heavy atom. The first-order chi connectivity index (χ1) is 21.7. The molecular weight excluding hydrogens is 536 g/mol. The average Bonchev–Trinajstić information content (AvgIpc) is 3.51. The van der Waals surface area contributed by atoms with Crippen molar-refractivity contribution in [2.24, 2.45) is 10.4 Å². The Kier molecular flexibility index (Phi) is 28.8. The van der Waals surface area contributed by atoms with Crippen LogP contribution in [0.2, 0.25) is 0 Å². The molecule has 0 aromatic rings. The minimum atomic E-state index is -0.0950. The van der Waals surface area contributed by atoms with Crippen LogP contribution in [-0.4, -0.2) is 24.7 Å². The number of rotatable bonds is 35. The molecule has 1 heterocycles. The standard InChI is InChI=1S/C41H80N2O/c1-4-6-8-10-12-14-16-18-20-21-22-24-26-28-30-32-34-39-38-42-40(43-39)41(3,36-37-44)35-33-31-29-27-25-23-19-17-15-13-11-9-7-5-2/h37,39H,4-36,38H2,1-3H3,(H,42,43). The van der Waals surface area contributed by atoms with Gasteiger partial charge in [0, 0.05) is 18.4 Å². The van der Waals surface area contributed by atoms with E-state index in [1.807, 2.05) is 0 Å². The number of hydrogen-bond donors (Lipinski definition) is 1. The van der Waals surface area contributed by atoms with Gasteiger partial charge in [0.2, 0.25) is 0 Å². The first-order valence-corrected chi connectivity index (χ1v) is 20.4. The Morgan fingerprint density at radius 3 is 1.27 bits per heavy atom. The van der Waals surface area contributed by atoms with Crippen molar-refractivity contribution in [3.63, 3.8) is 0 Å². The fraction of sp³-hybridized carbons (Fsp3) is 0.951. The number of carbonyl (C=O) groups excluding carboxylic acids is 1. The Labute approximate surface area is 277 Å². The van der Waals surface area contributed by atoms with Gasteiger partial charge < -0.3 is 10.1 Å². The molecule has 3 nitrogen and oxygen atoms in total. The van der Waals surface area contributed by atoms with Crippen molar-refractivity contribution >= 4 is 12.1 Å². The van der Waals surface area contributed by atoms with Crippen molar-refractivity contribution < 1.29 is 4.79 Å². The largest absolute Gasteiger partial charge is 0.371 e. The van der Waals surface area contributed by atoms with Gasteiger partial charge in [0.15, 0.2) is 0 Å². The maximum absolute atomic E-state index is 11.6. The van der Waals surface area contributed by atoms with Crippen LogP contribution in [0.1, 0.15) is 233 Å². The summed E-state index contributed by atoms with van der Waals surface area (Å²) in [6.45, 7) is 7.84. The summed E-state index contributed by atoms with van der Waals surface area (Å²) in [7, 11) is 0. The Hall–Kier alpha value is -0.860. The third-order valence-corrected chi connectivity index (χ3v) is 10.4. The van der Waals surface area contributed by atoms with E-state index in [0.29, 0.717) is 12.5 Å². The van der Waals surface area contributed by atoms with E-state index in [-0.39, 0.29) is 5.41 Å². The monoisotopic (exact) mass is 617 g/mol. The van der Waals surface area contributed by atoms with Gasteiger partial charge >= 0.3 is 0 Å². The lowest BCUT2D eigenvalue weighted by atomic mass is 9.80. The van der Waals surface area contributed by atoms with Gasteiger partial charge in [-0.25, -0.2) is 0 Å². The highest BCUT2D eigenvalue weighted by atomic mass is 16.1. The summed E-state index contributed by atoms with van der Waals surface area (Å²) in [6.07, 6.45) is 46.2. The molecule has 0 aromatic carbocycles. The number of carbonyl (C=O) groups is 1. The lowest BCUT2D eigenvalue weighted by Crippen LogP contribution is -2.37. The summed E-state index contributed by atoms with van der Waals surface area (Å²) in [5.41, 5.74) is -0.0950. The molecule has 0 saturated heterocycles. The molecule has 44 heavy (non-hydrogen) atoms. The fourth-order valence-corrected chi connectivity index (χ4v) is 7.16. The van der Waals surface area contributed by atoms with Crippen LogP contribution in [0.5, 0.6) is 0 Å². The summed E-state index contributed by atoms with van der Waals surface area (Å²) in [5.74, 6) is 1.13. The van der Waals surface area contributed by atoms with E-state index >= 15 is 0 Å². The number of aliphatic imine (C=N–C) groups is 1. The van der Waals surface area contributed by atoms with E-state index in [4.69, 9.17) is 4.99 Å². The SMILES string of the molecule is CCCCCCCCCCCCCCCCCCC1CNC(C(C)(CC=O)CCCCCCCCCCCCCCCC)=N1.